The predicted molar refractivity (Wildman–Crippen MR) is 54.5 cm³/mol. The predicted octanol–water partition coefficient (Wildman–Crippen LogP) is 1.46. The SMILES string of the molecule is CCCCn1cnc2ncnn2c1=S. The molecule has 0 amide bonds. The lowest BCUT2D eigenvalue weighted by Crippen LogP contribution is -2.07. The first-order valence-corrected chi connectivity index (χ1v) is 4.99. The first kappa shape index (κ1) is 9.26. The summed E-state index contributed by atoms with van der Waals surface area (Å²) in [6.07, 6.45) is 5.41. The number of aromatic nitrogens is 5. The minimum Gasteiger partial charge on any atom is -0.308 e. The molecule has 74 valence electrons. The zero-order chi connectivity index (χ0) is 9.97. The van der Waals surface area contributed by atoms with Gasteiger partial charge in [-0.2, -0.15) is 14.6 Å². The van der Waals surface area contributed by atoms with Crippen LogP contribution in [0, 0.1) is 4.77 Å². The molecule has 6 heteroatoms. The highest BCUT2D eigenvalue weighted by Crippen LogP contribution is 1.99. The molecule has 5 nitrogen and oxygen atoms in total. The summed E-state index contributed by atoms with van der Waals surface area (Å²) in [5, 5.41) is 4.01. The van der Waals surface area contributed by atoms with Gasteiger partial charge in [-0.05, 0) is 18.6 Å². The molecule has 0 aromatic carbocycles. The molecular weight excluding hydrogens is 198 g/mol. The van der Waals surface area contributed by atoms with Crippen molar-refractivity contribution in [3.05, 3.63) is 17.4 Å². The lowest BCUT2D eigenvalue weighted by molar-refractivity contribution is 0.587. The van der Waals surface area contributed by atoms with Crippen LogP contribution in [0.15, 0.2) is 12.7 Å². The monoisotopic (exact) mass is 209 g/mol. The fraction of sp³-hybridized carbons (Fsp3) is 0.500. The van der Waals surface area contributed by atoms with Crippen LogP contribution < -0.4 is 0 Å². The van der Waals surface area contributed by atoms with Gasteiger partial charge in [-0.25, -0.2) is 4.98 Å². The zero-order valence-electron chi connectivity index (χ0n) is 7.92. The molecule has 2 aromatic heterocycles. The van der Waals surface area contributed by atoms with E-state index in [1.165, 1.54) is 6.33 Å². The second kappa shape index (κ2) is 3.83. The molecule has 0 saturated heterocycles. The lowest BCUT2D eigenvalue weighted by atomic mass is 10.3. The summed E-state index contributed by atoms with van der Waals surface area (Å²) in [6, 6.07) is 0. The van der Waals surface area contributed by atoms with Crippen LogP contribution >= 0.6 is 12.2 Å². The van der Waals surface area contributed by atoms with Crippen molar-refractivity contribution in [3.63, 3.8) is 0 Å². The minimum absolute atomic E-state index is 0.558. The van der Waals surface area contributed by atoms with Gasteiger partial charge < -0.3 is 4.57 Å². The third-order valence-electron chi connectivity index (χ3n) is 2.02. The minimum atomic E-state index is 0.558. The second-order valence-corrected chi connectivity index (χ2v) is 3.41. The van der Waals surface area contributed by atoms with Gasteiger partial charge in [0.2, 0.25) is 4.77 Å². The van der Waals surface area contributed by atoms with Crippen LogP contribution in [-0.2, 0) is 6.54 Å². The summed E-state index contributed by atoms with van der Waals surface area (Å²) in [5.74, 6) is 0.558. The average molecular weight is 209 g/mol. The summed E-state index contributed by atoms with van der Waals surface area (Å²) >= 11 is 5.24. The van der Waals surface area contributed by atoms with Crippen molar-refractivity contribution in [1.29, 1.82) is 0 Å². The Morgan fingerprint density at radius 1 is 1.43 bits per heavy atom. The number of rotatable bonds is 3. The highest BCUT2D eigenvalue weighted by Gasteiger charge is 2.00. The quantitative estimate of drug-likeness (QED) is 0.718. The number of fused-ring (bicyclic) bond motifs is 1. The van der Waals surface area contributed by atoms with E-state index in [4.69, 9.17) is 12.2 Å². The fourth-order valence-corrected chi connectivity index (χ4v) is 1.50. The lowest BCUT2D eigenvalue weighted by Gasteiger charge is -2.04. The van der Waals surface area contributed by atoms with Gasteiger partial charge in [0.15, 0.2) is 0 Å². The molecule has 0 aliphatic carbocycles. The molecule has 14 heavy (non-hydrogen) atoms. The maximum absolute atomic E-state index is 5.24. The molecule has 0 spiro atoms. The molecule has 2 heterocycles. The van der Waals surface area contributed by atoms with Gasteiger partial charge >= 0.3 is 0 Å². The largest absolute Gasteiger partial charge is 0.308 e. The van der Waals surface area contributed by atoms with Crippen LogP contribution in [0.25, 0.3) is 5.78 Å². The molecule has 0 saturated carbocycles. The maximum atomic E-state index is 5.24. The van der Waals surface area contributed by atoms with E-state index < -0.39 is 0 Å². The van der Waals surface area contributed by atoms with Gasteiger partial charge in [0.25, 0.3) is 5.78 Å². The number of unbranched alkanes of at least 4 members (excludes halogenated alkanes) is 1. The van der Waals surface area contributed by atoms with E-state index in [1.54, 1.807) is 10.8 Å². The van der Waals surface area contributed by atoms with Gasteiger partial charge in [0.05, 0.1) is 0 Å². The molecule has 2 aromatic rings. The van der Waals surface area contributed by atoms with Gasteiger partial charge in [-0.1, -0.05) is 13.3 Å². The summed E-state index contributed by atoms with van der Waals surface area (Å²) in [6.45, 7) is 3.03. The third-order valence-corrected chi connectivity index (χ3v) is 2.43. The average Bonchev–Trinajstić information content (AvgIpc) is 2.66. The zero-order valence-corrected chi connectivity index (χ0v) is 8.74. The maximum Gasteiger partial charge on any atom is 0.256 e. The van der Waals surface area contributed by atoms with Gasteiger partial charge in [-0.3, -0.25) is 0 Å². The van der Waals surface area contributed by atoms with E-state index in [0.29, 0.717) is 10.5 Å². The topological polar surface area (TPSA) is 48.0 Å². The molecule has 2 rings (SSSR count). The van der Waals surface area contributed by atoms with Crippen molar-refractivity contribution in [2.75, 3.05) is 0 Å². The molecule has 0 unspecified atom stereocenters. The Morgan fingerprint density at radius 2 is 2.29 bits per heavy atom. The summed E-state index contributed by atoms with van der Waals surface area (Å²) < 4.78 is 4.15. The molecule has 0 aliphatic rings. The Labute approximate surface area is 86.4 Å². The highest BCUT2D eigenvalue weighted by atomic mass is 32.1. The van der Waals surface area contributed by atoms with Crippen molar-refractivity contribution in [1.82, 2.24) is 24.1 Å². The summed E-state index contributed by atoms with van der Waals surface area (Å²) in [4.78, 5) is 8.10. The third kappa shape index (κ3) is 1.52. The smallest absolute Gasteiger partial charge is 0.256 e. The van der Waals surface area contributed by atoms with E-state index in [0.717, 1.165) is 19.4 Å². The molecule has 0 fully saturated rings. The Kier molecular flexibility index (Phi) is 2.53. The van der Waals surface area contributed by atoms with Crippen LogP contribution in [0.2, 0.25) is 0 Å². The first-order chi connectivity index (χ1) is 6.83. The number of hydrogen-bond donors (Lipinski definition) is 0. The van der Waals surface area contributed by atoms with E-state index in [-0.39, 0.29) is 0 Å². The van der Waals surface area contributed by atoms with Crippen LogP contribution in [-0.4, -0.2) is 24.1 Å². The summed E-state index contributed by atoms with van der Waals surface area (Å²) in [7, 11) is 0. The Bertz CT molecular complexity index is 486. The van der Waals surface area contributed by atoms with Crippen molar-refractivity contribution in [3.8, 4) is 0 Å². The van der Waals surface area contributed by atoms with Gasteiger partial charge in [0.1, 0.15) is 12.7 Å². The molecule has 0 bridgehead atoms. The van der Waals surface area contributed by atoms with Gasteiger partial charge in [0, 0.05) is 6.54 Å². The molecular formula is C8H11N5S. The van der Waals surface area contributed by atoms with Crippen LogP contribution in [0.1, 0.15) is 19.8 Å². The van der Waals surface area contributed by atoms with Crippen molar-refractivity contribution in [2.24, 2.45) is 0 Å². The van der Waals surface area contributed by atoms with E-state index in [1.807, 2.05) is 4.57 Å². The van der Waals surface area contributed by atoms with Crippen molar-refractivity contribution < 1.29 is 0 Å². The van der Waals surface area contributed by atoms with Crippen molar-refractivity contribution in [2.45, 2.75) is 26.3 Å². The fourth-order valence-electron chi connectivity index (χ4n) is 1.23. The Balaban J connectivity index is 2.46. The molecule has 0 aliphatic heterocycles. The molecule has 0 N–H and O–H groups in total. The Morgan fingerprint density at radius 3 is 3.07 bits per heavy atom. The van der Waals surface area contributed by atoms with E-state index in [9.17, 15) is 0 Å². The summed E-state index contributed by atoms with van der Waals surface area (Å²) in [5.41, 5.74) is 0. The standard InChI is InChI=1S/C8H11N5S/c1-2-3-4-12-6-10-7-9-5-11-13(7)8(12)14/h5-6H,2-4H2,1H3. The molecule has 0 radical (unpaired) electrons. The first-order valence-electron chi connectivity index (χ1n) is 4.58. The van der Waals surface area contributed by atoms with Crippen LogP contribution in [0.4, 0.5) is 0 Å². The number of aryl methyl sites for hydroxylation is 1. The normalized spacial score (nSPS) is 10.9. The van der Waals surface area contributed by atoms with Crippen LogP contribution in [0.5, 0.6) is 0 Å². The van der Waals surface area contributed by atoms with E-state index in [2.05, 4.69) is 22.0 Å². The number of hydrogen-bond acceptors (Lipinski definition) is 4. The van der Waals surface area contributed by atoms with Crippen LogP contribution in [0.3, 0.4) is 0 Å². The molecule has 0 atom stereocenters. The van der Waals surface area contributed by atoms with Gasteiger partial charge in [-0.15, -0.1) is 0 Å². The number of nitrogens with zero attached hydrogens (tertiary/aromatic N) is 5. The Hall–Kier alpha value is -1.30. The highest BCUT2D eigenvalue weighted by molar-refractivity contribution is 7.71. The van der Waals surface area contributed by atoms with E-state index >= 15 is 0 Å². The van der Waals surface area contributed by atoms with Crippen molar-refractivity contribution >= 4 is 18.0 Å². The second-order valence-electron chi connectivity index (χ2n) is 3.05.